The number of halogens is 1. The Morgan fingerprint density at radius 3 is 2.74 bits per heavy atom. The molecule has 1 aliphatic rings. The molecule has 1 aromatic carbocycles. The molecule has 1 fully saturated rings. The quantitative estimate of drug-likeness (QED) is 0.376. The zero-order valence-electron chi connectivity index (χ0n) is 23.1. The average molecular weight is 544 g/mol. The lowest BCUT2D eigenvalue weighted by Gasteiger charge is -2.22. The van der Waals surface area contributed by atoms with Gasteiger partial charge in [-0.2, -0.15) is 0 Å². The SMILES string of the molecule is COc1cc(OCCCN(C)C)c(-c2cn3ccc(N4CC[C@H](NC(=O)OC(C)(C)C)C4)cc3n2)cc1Cl. The number of anilines is 1. The number of carbonyl (C=O) groups excluding carboxylic acids is 1. The third kappa shape index (κ3) is 7.02. The molecule has 1 amide bonds. The lowest BCUT2D eigenvalue weighted by molar-refractivity contribution is 0.0509. The van der Waals surface area contributed by atoms with Crippen molar-refractivity contribution in [2.45, 2.75) is 45.3 Å². The van der Waals surface area contributed by atoms with Gasteiger partial charge < -0.3 is 33.7 Å². The normalized spacial score (nSPS) is 15.8. The van der Waals surface area contributed by atoms with Crippen LogP contribution in [0.1, 0.15) is 33.6 Å². The van der Waals surface area contributed by atoms with Crippen molar-refractivity contribution in [2.75, 3.05) is 52.3 Å². The molecule has 0 spiro atoms. The molecule has 1 N–H and O–H groups in total. The van der Waals surface area contributed by atoms with Gasteiger partial charge in [-0.3, -0.25) is 0 Å². The first-order valence-electron chi connectivity index (χ1n) is 12.9. The number of hydrogen-bond donors (Lipinski definition) is 1. The molecule has 10 heteroatoms. The number of nitrogens with one attached hydrogen (secondary N) is 1. The molecule has 206 valence electrons. The summed E-state index contributed by atoms with van der Waals surface area (Å²) in [7, 11) is 5.68. The van der Waals surface area contributed by atoms with Gasteiger partial charge in [-0.1, -0.05) is 11.6 Å². The minimum Gasteiger partial charge on any atom is -0.495 e. The molecule has 2 aromatic heterocycles. The van der Waals surface area contributed by atoms with Crippen LogP contribution in [0.15, 0.2) is 36.7 Å². The number of hydrogen-bond acceptors (Lipinski definition) is 7. The molecule has 1 saturated heterocycles. The standard InChI is InChI=1S/C28H38ClN5O4/c1-28(2,3)38-27(35)30-19-8-11-33(17-19)20-9-12-34-18-23(31-26(34)14-20)21-15-22(29)25(36-6)16-24(21)37-13-7-10-32(4)5/h9,12,14-16,18-19H,7-8,10-11,13,17H2,1-6H3,(H,30,35)/t19-/m0/s1. The molecule has 0 radical (unpaired) electrons. The number of pyridine rings is 1. The van der Waals surface area contributed by atoms with Crippen LogP contribution in [0.3, 0.4) is 0 Å². The van der Waals surface area contributed by atoms with E-state index < -0.39 is 5.60 Å². The van der Waals surface area contributed by atoms with Crippen molar-refractivity contribution in [1.82, 2.24) is 19.6 Å². The molecule has 3 heterocycles. The molecule has 9 nitrogen and oxygen atoms in total. The summed E-state index contributed by atoms with van der Waals surface area (Å²) in [5, 5.41) is 3.48. The number of ether oxygens (including phenoxy) is 3. The van der Waals surface area contributed by atoms with Crippen LogP contribution in [0.2, 0.25) is 5.02 Å². The highest BCUT2D eigenvalue weighted by Gasteiger charge is 2.26. The number of imidazole rings is 1. The van der Waals surface area contributed by atoms with Gasteiger partial charge in [-0.05, 0) is 59.8 Å². The predicted octanol–water partition coefficient (Wildman–Crippen LogP) is 5.10. The van der Waals surface area contributed by atoms with E-state index in [0.717, 1.165) is 48.5 Å². The van der Waals surface area contributed by atoms with E-state index in [2.05, 4.69) is 27.2 Å². The molecule has 1 aliphatic heterocycles. The van der Waals surface area contributed by atoms with E-state index in [1.165, 1.54) is 0 Å². The Balaban J connectivity index is 1.51. The summed E-state index contributed by atoms with van der Waals surface area (Å²) in [5.41, 5.74) is 2.92. The number of fused-ring (bicyclic) bond motifs is 1. The summed E-state index contributed by atoms with van der Waals surface area (Å²) >= 11 is 6.48. The molecule has 0 aliphatic carbocycles. The van der Waals surface area contributed by atoms with E-state index in [4.69, 9.17) is 30.8 Å². The lowest BCUT2D eigenvalue weighted by atomic mass is 10.1. The Hall–Kier alpha value is -3.17. The summed E-state index contributed by atoms with van der Waals surface area (Å²) in [6, 6.07) is 7.82. The van der Waals surface area contributed by atoms with E-state index in [9.17, 15) is 4.79 Å². The van der Waals surface area contributed by atoms with Gasteiger partial charge >= 0.3 is 6.09 Å². The maximum Gasteiger partial charge on any atom is 0.407 e. The molecule has 1 atom stereocenters. The number of carbonyl (C=O) groups is 1. The zero-order valence-corrected chi connectivity index (χ0v) is 23.8. The van der Waals surface area contributed by atoms with Gasteiger partial charge in [0, 0.05) is 55.4 Å². The molecule has 38 heavy (non-hydrogen) atoms. The fraction of sp³-hybridized carbons (Fsp3) is 0.500. The van der Waals surface area contributed by atoms with Gasteiger partial charge in [-0.25, -0.2) is 9.78 Å². The molecule has 0 unspecified atom stereocenters. The molecular weight excluding hydrogens is 506 g/mol. The van der Waals surface area contributed by atoms with Crippen molar-refractivity contribution in [3.05, 3.63) is 41.7 Å². The second-order valence-corrected chi connectivity index (χ2v) is 11.2. The summed E-state index contributed by atoms with van der Waals surface area (Å²) in [5.74, 6) is 1.25. The predicted molar refractivity (Wildman–Crippen MR) is 151 cm³/mol. The number of nitrogens with zero attached hydrogens (tertiary/aromatic N) is 4. The van der Waals surface area contributed by atoms with E-state index >= 15 is 0 Å². The minimum atomic E-state index is -0.517. The van der Waals surface area contributed by atoms with Crippen molar-refractivity contribution in [3.63, 3.8) is 0 Å². The largest absolute Gasteiger partial charge is 0.495 e. The highest BCUT2D eigenvalue weighted by molar-refractivity contribution is 6.32. The van der Waals surface area contributed by atoms with Gasteiger partial charge in [0.15, 0.2) is 0 Å². The summed E-state index contributed by atoms with van der Waals surface area (Å²) in [6.07, 6.45) is 5.34. The molecular formula is C28H38ClN5O4. The van der Waals surface area contributed by atoms with Crippen LogP contribution in [0.25, 0.3) is 16.9 Å². The van der Waals surface area contributed by atoms with Crippen LogP contribution >= 0.6 is 11.6 Å². The second kappa shape index (κ2) is 11.7. The van der Waals surface area contributed by atoms with Gasteiger partial charge in [0.2, 0.25) is 0 Å². The van der Waals surface area contributed by atoms with E-state index in [1.54, 1.807) is 7.11 Å². The number of amides is 1. The fourth-order valence-corrected chi connectivity index (χ4v) is 4.70. The maximum absolute atomic E-state index is 12.2. The Bertz CT molecular complexity index is 1270. The van der Waals surface area contributed by atoms with Crippen LogP contribution in [0, 0.1) is 0 Å². The lowest BCUT2D eigenvalue weighted by Crippen LogP contribution is -2.40. The van der Waals surface area contributed by atoms with Crippen molar-refractivity contribution >= 4 is 29.0 Å². The number of alkyl carbamates (subject to hydrolysis) is 1. The smallest absolute Gasteiger partial charge is 0.407 e. The first kappa shape index (κ1) is 27.9. The molecule has 4 rings (SSSR count). The molecule has 3 aromatic rings. The fourth-order valence-electron chi connectivity index (χ4n) is 4.46. The highest BCUT2D eigenvalue weighted by Crippen LogP contribution is 2.38. The first-order chi connectivity index (χ1) is 18.0. The van der Waals surface area contributed by atoms with Gasteiger partial charge in [-0.15, -0.1) is 0 Å². The van der Waals surface area contributed by atoms with Gasteiger partial charge in [0.05, 0.1) is 30.5 Å². The summed E-state index contributed by atoms with van der Waals surface area (Å²) < 4.78 is 19.0. The van der Waals surface area contributed by atoms with Crippen LogP contribution in [-0.2, 0) is 4.74 Å². The monoisotopic (exact) mass is 543 g/mol. The van der Waals surface area contributed by atoms with Gasteiger partial charge in [0.1, 0.15) is 22.7 Å². The Morgan fingerprint density at radius 2 is 2.03 bits per heavy atom. The Labute approximate surface area is 229 Å². The molecule has 0 saturated carbocycles. The maximum atomic E-state index is 12.2. The highest BCUT2D eigenvalue weighted by atomic mass is 35.5. The summed E-state index contributed by atoms with van der Waals surface area (Å²) in [6.45, 7) is 8.64. The topological polar surface area (TPSA) is 80.6 Å². The first-order valence-corrected chi connectivity index (χ1v) is 13.3. The average Bonchev–Trinajstić information content (AvgIpc) is 3.47. The number of rotatable bonds is 9. The van der Waals surface area contributed by atoms with Crippen LogP contribution in [0.5, 0.6) is 11.5 Å². The number of aromatic nitrogens is 2. The zero-order chi connectivity index (χ0) is 27.4. The Morgan fingerprint density at radius 1 is 1.24 bits per heavy atom. The second-order valence-electron chi connectivity index (χ2n) is 10.8. The number of benzene rings is 1. The van der Waals surface area contributed by atoms with Crippen molar-refractivity contribution in [2.24, 2.45) is 0 Å². The van der Waals surface area contributed by atoms with Crippen LogP contribution in [0.4, 0.5) is 10.5 Å². The van der Waals surface area contributed by atoms with E-state index in [0.29, 0.717) is 29.7 Å². The van der Waals surface area contributed by atoms with E-state index in [-0.39, 0.29) is 12.1 Å². The van der Waals surface area contributed by atoms with Crippen LogP contribution < -0.4 is 19.7 Å². The van der Waals surface area contributed by atoms with E-state index in [1.807, 2.05) is 63.8 Å². The Kier molecular flexibility index (Phi) is 8.57. The van der Waals surface area contributed by atoms with Crippen LogP contribution in [-0.4, -0.2) is 79.5 Å². The van der Waals surface area contributed by atoms with Crippen molar-refractivity contribution in [1.29, 1.82) is 0 Å². The third-order valence-electron chi connectivity index (χ3n) is 6.26. The number of methoxy groups -OCH3 is 1. The van der Waals surface area contributed by atoms with Crippen molar-refractivity contribution < 1.29 is 19.0 Å². The van der Waals surface area contributed by atoms with Crippen molar-refractivity contribution in [3.8, 4) is 22.8 Å². The third-order valence-corrected chi connectivity index (χ3v) is 6.55. The van der Waals surface area contributed by atoms with Gasteiger partial charge in [0.25, 0.3) is 0 Å². The molecule has 0 bridgehead atoms. The minimum absolute atomic E-state index is 0.0324. The summed E-state index contributed by atoms with van der Waals surface area (Å²) in [4.78, 5) is 21.5.